The van der Waals surface area contributed by atoms with Crippen molar-refractivity contribution in [2.45, 2.75) is 64.5 Å². The molecule has 0 bridgehead atoms. The first-order valence-electron chi connectivity index (χ1n) is 7.66. The molecule has 0 aromatic carbocycles. The number of hydrogen-bond donors (Lipinski definition) is 2. The second-order valence-electron chi connectivity index (χ2n) is 6.77. The summed E-state index contributed by atoms with van der Waals surface area (Å²) in [4.78, 5) is 11.9. The van der Waals surface area contributed by atoms with Gasteiger partial charge in [-0.15, -0.1) is 0 Å². The van der Waals surface area contributed by atoms with E-state index in [4.69, 9.17) is 4.74 Å². The first-order chi connectivity index (χ1) is 9.05. The van der Waals surface area contributed by atoms with Crippen molar-refractivity contribution in [3.8, 4) is 0 Å². The summed E-state index contributed by atoms with van der Waals surface area (Å²) >= 11 is 0. The van der Waals surface area contributed by atoms with Gasteiger partial charge in [-0.2, -0.15) is 0 Å². The van der Waals surface area contributed by atoms with Gasteiger partial charge in [0.15, 0.2) is 0 Å². The molecule has 0 radical (unpaired) electrons. The highest BCUT2D eigenvalue weighted by Gasteiger charge is 2.26. The normalized spacial score (nSPS) is 25.2. The van der Waals surface area contributed by atoms with Crippen molar-refractivity contribution >= 4 is 5.91 Å². The highest BCUT2D eigenvalue weighted by Crippen LogP contribution is 2.34. The highest BCUT2D eigenvalue weighted by atomic mass is 16.5. The molecular weight excluding hydrogens is 240 g/mol. The lowest BCUT2D eigenvalue weighted by molar-refractivity contribution is -0.121. The zero-order chi connectivity index (χ0) is 13.7. The molecular formula is C15H28N2O2. The van der Waals surface area contributed by atoms with Crippen LogP contribution in [0.4, 0.5) is 0 Å². The average molecular weight is 268 g/mol. The van der Waals surface area contributed by atoms with Crippen LogP contribution in [0.2, 0.25) is 0 Å². The van der Waals surface area contributed by atoms with Crippen LogP contribution in [0.15, 0.2) is 0 Å². The van der Waals surface area contributed by atoms with Gasteiger partial charge in [-0.1, -0.05) is 13.8 Å². The highest BCUT2D eigenvalue weighted by molar-refractivity contribution is 5.78. The number of amides is 1. The fourth-order valence-corrected chi connectivity index (χ4v) is 2.96. The molecule has 110 valence electrons. The third kappa shape index (κ3) is 5.11. The molecule has 2 fully saturated rings. The quantitative estimate of drug-likeness (QED) is 0.818. The number of rotatable bonds is 4. The number of carbonyl (C=O) groups excluding carboxylic acids is 1. The molecule has 2 N–H and O–H groups in total. The molecule has 19 heavy (non-hydrogen) atoms. The predicted molar refractivity (Wildman–Crippen MR) is 76.0 cm³/mol. The van der Waals surface area contributed by atoms with E-state index in [0.29, 0.717) is 24.0 Å². The van der Waals surface area contributed by atoms with Crippen molar-refractivity contribution in [2.75, 3.05) is 19.8 Å². The fourth-order valence-electron chi connectivity index (χ4n) is 2.96. The van der Waals surface area contributed by atoms with Gasteiger partial charge in [-0.25, -0.2) is 0 Å². The molecule has 0 aromatic rings. The summed E-state index contributed by atoms with van der Waals surface area (Å²) in [6, 6.07) is 0.835. The summed E-state index contributed by atoms with van der Waals surface area (Å²) in [5, 5.41) is 6.50. The Morgan fingerprint density at radius 1 is 1.11 bits per heavy atom. The van der Waals surface area contributed by atoms with Gasteiger partial charge < -0.3 is 15.4 Å². The maximum Gasteiger partial charge on any atom is 0.234 e. The zero-order valence-electron chi connectivity index (χ0n) is 12.3. The molecule has 0 unspecified atom stereocenters. The lowest BCUT2D eigenvalue weighted by Gasteiger charge is -2.34. The molecule has 4 heteroatoms. The molecule has 1 amide bonds. The molecule has 1 aliphatic carbocycles. The second-order valence-corrected chi connectivity index (χ2v) is 6.77. The Bertz CT molecular complexity index is 289. The third-order valence-corrected chi connectivity index (χ3v) is 4.48. The van der Waals surface area contributed by atoms with Crippen molar-refractivity contribution in [3.63, 3.8) is 0 Å². The number of ether oxygens (including phenoxy) is 1. The van der Waals surface area contributed by atoms with E-state index in [9.17, 15) is 4.79 Å². The van der Waals surface area contributed by atoms with E-state index < -0.39 is 0 Å². The van der Waals surface area contributed by atoms with E-state index in [1.165, 1.54) is 25.7 Å². The van der Waals surface area contributed by atoms with E-state index in [0.717, 1.165) is 26.1 Å². The Morgan fingerprint density at radius 2 is 1.74 bits per heavy atom. The Labute approximate surface area is 116 Å². The molecule has 0 spiro atoms. The first-order valence-corrected chi connectivity index (χ1v) is 7.66. The lowest BCUT2D eigenvalue weighted by atomic mass is 9.75. The van der Waals surface area contributed by atoms with Crippen LogP contribution in [0.5, 0.6) is 0 Å². The van der Waals surface area contributed by atoms with Crippen molar-refractivity contribution < 1.29 is 9.53 Å². The summed E-state index contributed by atoms with van der Waals surface area (Å²) in [7, 11) is 0. The maximum atomic E-state index is 11.9. The summed E-state index contributed by atoms with van der Waals surface area (Å²) in [6.45, 7) is 6.68. The van der Waals surface area contributed by atoms with Gasteiger partial charge in [0, 0.05) is 25.3 Å². The van der Waals surface area contributed by atoms with Crippen molar-refractivity contribution in [1.82, 2.24) is 10.6 Å². The van der Waals surface area contributed by atoms with Crippen molar-refractivity contribution in [3.05, 3.63) is 0 Å². The SMILES string of the molecule is CC1(C)CCC(NCC(=O)NC2CCOCC2)CC1. The number of carbonyl (C=O) groups is 1. The van der Waals surface area contributed by atoms with E-state index in [1.807, 2.05) is 0 Å². The van der Waals surface area contributed by atoms with Crippen LogP contribution in [-0.4, -0.2) is 37.7 Å². The molecule has 1 heterocycles. The van der Waals surface area contributed by atoms with Gasteiger partial charge in [0.25, 0.3) is 0 Å². The molecule has 1 saturated carbocycles. The van der Waals surface area contributed by atoms with Crippen LogP contribution < -0.4 is 10.6 Å². The summed E-state index contributed by atoms with van der Waals surface area (Å²) in [6.07, 6.45) is 6.79. The maximum absolute atomic E-state index is 11.9. The van der Waals surface area contributed by atoms with E-state index in [-0.39, 0.29) is 5.91 Å². The van der Waals surface area contributed by atoms with Gasteiger partial charge in [0.05, 0.1) is 6.54 Å². The molecule has 0 atom stereocenters. The zero-order valence-corrected chi connectivity index (χ0v) is 12.3. The summed E-state index contributed by atoms with van der Waals surface area (Å²) < 4.78 is 5.29. The molecule has 1 saturated heterocycles. The predicted octanol–water partition coefficient (Wildman–Crippen LogP) is 1.84. The first kappa shape index (κ1) is 14.8. The monoisotopic (exact) mass is 268 g/mol. The van der Waals surface area contributed by atoms with Gasteiger partial charge in [-0.3, -0.25) is 4.79 Å². The van der Waals surface area contributed by atoms with Crippen LogP contribution >= 0.6 is 0 Å². The Hall–Kier alpha value is -0.610. The molecule has 2 rings (SSSR count). The van der Waals surface area contributed by atoms with Gasteiger partial charge in [-0.05, 0) is 43.9 Å². The van der Waals surface area contributed by atoms with Crippen LogP contribution in [-0.2, 0) is 9.53 Å². The Morgan fingerprint density at radius 3 is 2.37 bits per heavy atom. The fraction of sp³-hybridized carbons (Fsp3) is 0.933. The van der Waals surface area contributed by atoms with Gasteiger partial charge >= 0.3 is 0 Å². The lowest BCUT2D eigenvalue weighted by Crippen LogP contribution is -2.46. The second kappa shape index (κ2) is 6.71. The minimum atomic E-state index is 0.136. The number of hydrogen-bond acceptors (Lipinski definition) is 3. The van der Waals surface area contributed by atoms with E-state index >= 15 is 0 Å². The van der Waals surface area contributed by atoms with Crippen LogP contribution in [0.3, 0.4) is 0 Å². The number of nitrogens with one attached hydrogen (secondary N) is 2. The minimum Gasteiger partial charge on any atom is -0.381 e. The average Bonchev–Trinajstić information content (AvgIpc) is 2.39. The summed E-state index contributed by atoms with van der Waals surface area (Å²) in [5.41, 5.74) is 0.489. The topological polar surface area (TPSA) is 50.4 Å². The van der Waals surface area contributed by atoms with Crippen molar-refractivity contribution in [2.24, 2.45) is 5.41 Å². The van der Waals surface area contributed by atoms with Crippen LogP contribution in [0.25, 0.3) is 0 Å². The van der Waals surface area contributed by atoms with E-state index in [1.54, 1.807) is 0 Å². The molecule has 1 aliphatic heterocycles. The molecule has 2 aliphatic rings. The largest absolute Gasteiger partial charge is 0.381 e. The molecule has 4 nitrogen and oxygen atoms in total. The van der Waals surface area contributed by atoms with Crippen LogP contribution in [0.1, 0.15) is 52.4 Å². The smallest absolute Gasteiger partial charge is 0.234 e. The van der Waals surface area contributed by atoms with Gasteiger partial charge in [0.1, 0.15) is 0 Å². The Balaban J connectivity index is 1.61. The standard InChI is InChI=1S/C15H28N2O2/c1-15(2)7-3-12(4-8-15)16-11-14(18)17-13-5-9-19-10-6-13/h12-13,16H,3-11H2,1-2H3,(H,17,18). The molecule has 0 aromatic heterocycles. The van der Waals surface area contributed by atoms with Crippen molar-refractivity contribution in [1.29, 1.82) is 0 Å². The Kier molecular flexibility index (Phi) is 5.22. The van der Waals surface area contributed by atoms with Gasteiger partial charge in [0.2, 0.25) is 5.91 Å². The van der Waals surface area contributed by atoms with Crippen LogP contribution in [0, 0.1) is 5.41 Å². The summed E-state index contributed by atoms with van der Waals surface area (Å²) in [5.74, 6) is 0.136. The van der Waals surface area contributed by atoms with E-state index in [2.05, 4.69) is 24.5 Å². The minimum absolute atomic E-state index is 0.136. The third-order valence-electron chi connectivity index (χ3n) is 4.48.